The van der Waals surface area contributed by atoms with Crippen LogP contribution < -0.4 is 0 Å². The molecular weight excluding hydrogens is 360 g/mol. The van der Waals surface area contributed by atoms with Gasteiger partial charge < -0.3 is 9.15 Å². The van der Waals surface area contributed by atoms with Gasteiger partial charge in [-0.3, -0.25) is 0 Å². The van der Waals surface area contributed by atoms with Crippen LogP contribution in [0.3, 0.4) is 0 Å². The minimum absolute atomic E-state index is 0.213. The number of aryl methyl sites for hydroxylation is 2. The summed E-state index contributed by atoms with van der Waals surface area (Å²) >= 11 is 0. The van der Waals surface area contributed by atoms with Crippen LogP contribution >= 0.6 is 0 Å². The second-order valence-electron chi connectivity index (χ2n) is 7.64. The van der Waals surface area contributed by atoms with Crippen molar-refractivity contribution in [1.29, 1.82) is 0 Å². The van der Waals surface area contributed by atoms with Gasteiger partial charge in [0.25, 0.3) is 0 Å². The average molecular weight is 391 g/mol. The van der Waals surface area contributed by atoms with E-state index in [1.54, 1.807) is 6.92 Å². The van der Waals surface area contributed by atoms with Gasteiger partial charge in [-0.2, -0.15) is 0 Å². The standard InChI is InChI=1S/C26H30O3/c1-5-7-8-9-19-11-13-23(21(6-2)14-19)25-16-22-12-10-20(15-24(22)29-25)17-28-26(27)18(3)4/h10-16H,3,5-9,17H2,1-2,4H3. The molecule has 3 rings (SSSR count). The van der Waals surface area contributed by atoms with Gasteiger partial charge in [0, 0.05) is 16.5 Å². The van der Waals surface area contributed by atoms with E-state index in [0.29, 0.717) is 5.57 Å². The lowest BCUT2D eigenvalue weighted by molar-refractivity contribution is -0.140. The number of esters is 1. The molecule has 0 aliphatic heterocycles. The first-order valence-corrected chi connectivity index (χ1v) is 10.5. The molecule has 29 heavy (non-hydrogen) atoms. The third-order valence-corrected chi connectivity index (χ3v) is 5.19. The highest BCUT2D eigenvalue weighted by Gasteiger charge is 2.12. The molecule has 1 aromatic heterocycles. The van der Waals surface area contributed by atoms with Gasteiger partial charge in [-0.15, -0.1) is 0 Å². The number of fused-ring (bicyclic) bond motifs is 1. The molecule has 0 aliphatic carbocycles. The molecule has 3 heteroatoms. The summed E-state index contributed by atoms with van der Waals surface area (Å²) in [6.45, 7) is 9.88. The quantitative estimate of drug-likeness (QED) is 0.224. The maximum atomic E-state index is 11.6. The molecule has 0 atom stereocenters. The topological polar surface area (TPSA) is 39.4 Å². The van der Waals surface area contributed by atoms with Crippen molar-refractivity contribution in [3.63, 3.8) is 0 Å². The fourth-order valence-electron chi connectivity index (χ4n) is 3.48. The number of benzene rings is 2. The van der Waals surface area contributed by atoms with Gasteiger partial charge in [-0.05, 0) is 55.0 Å². The Morgan fingerprint density at radius 1 is 1.03 bits per heavy atom. The molecule has 0 amide bonds. The average Bonchev–Trinajstić information content (AvgIpc) is 3.15. The Morgan fingerprint density at radius 3 is 2.55 bits per heavy atom. The first kappa shape index (κ1) is 20.9. The van der Waals surface area contributed by atoms with Gasteiger partial charge in [0.15, 0.2) is 0 Å². The molecule has 0 saturated carbocycles. The van der Waals surface area contributed by atoms with Gasteiger partial charge >= 0.3 is 5.97 Å². The van der Waals surface area contributed by atoms with E-state index in [1.807, 2.05) is 18.2 Å². The second-order valence-corrected chi connectivity index (χ2v) is 7.64. The second kappa shape index (κ2) is 9.60. The van der Waals surface area contributed by atoms with Gasteiger partial charge in [0.1, 0.15) is 18.0 Å². The van der Waals surface area contributed by atoms with Gasteiger partial charge in [0.2, 0.25) is 0 Å². The van der Waals surface area contributed by atoms with Crippen LogP contribution in [-0.2, 0) is 29.0 Å². The number of rotatable bonds is 9. The third-order valence-electron chi connectivity index (χ3n) is 5.19. The molecule has 0 unspecified atom stereocenters. The van der Waals surface area contributed by atoms with Crippen molar-refractivity contribution in [2.75, 3.05) is 0 Å². The fourth-order valence-corrected chi connectivity index (χ4v) is 3.48. The zero-order valence-corrected chi connectivity index (χ0v) is 17.7. The lowest BCUT2D eigenvalue weighted by atomic mass is 9.97. The van der Waals surface area contributed by atoms with Crippen LogP contribution in [0.4, 0.5) is 0 Å². The van der Waals surface area contributed by atoms with E-state index in [0.717, 1.165) is 40.7 Å². The summed E-state index contributed by atoms with van der Waals surface area (Å²) in [4.78, 5) is 11.6. The molecular formula is C26H30O3. The molecule has 0 fully saturated rings. The molecule has 0 aliphatic rings. The summed E-state index contributed by atoms with van der Waals surface area (Å²) in [5.74, 6) is 0.505. The maximum absolute atomic E-state index is 11.6. The Hall–Kier alpha value is -2.81. The van der Waals surface area contributed by atoms with E-state index < -0.39 is 0 Å². The van der Waals surface area contributed by atoms with Crippen molar-refractivity contribution in [2.24, 2.45) is 0 Å². The number of carbonyl (C=O) groups excluding carboxylic acids is 1. The minimum Gasteiger partial charge on any atom is -0.457 e. The van der Waals surface area contributed by atoms with E-state index in [2.05, 4.69) is 44.7 Å². The summed E-state index contributed by atoms with van der Waals surface area (Å²) in [6, 6.07) is 14.7. The van der Waals surface area contributed by atoms with Crippen molar-refractivity contribution in [2.45, 2.75) is 59.5 Å². The number of ether oxygens (including phenoxy) is 1. The number of hydrogen-bond donors (Lipinski definition) is 0. The van der Waals surface area contributed by atoms with E-state index >= 15 is 0 Å². The number of unbranched alkanes of at least 4 members (excludes halogenated alkanes) is 2. The lowest BCUT2D eigenvalue weighted by Gasteiger charge is -2.09. The predicted octanol–water partition coefficient (Wildman–Crippen LogP) is 7.01. The van der Waals surface area contributed by atoms with E-state index in [9.17, 15) is 4.79 Å². The zero-order valence-electron chi connectivity index (χ0n) is 17.7. The van der Waals surface area contributed by atoms with Crippen molar-refractivity contribution >= 4 is 16.9 Å². The monoisotopic (exact) mass is 390 g/mol. The molecule has 152 valence electrons. The van der Waals surface area contributed by atoms with Crippen LogP contribution in [0, 0.1) is 0 Å². The Bertz CT molecular complexity index is 1010. The Labute approximate surface area is 173 Å². The highest BCUT2D eigenvalue weighted by molar-refractivity contribution is 5.87. The molecule has 3 nitrogen and oxygen atoms in total. The normalized spacial score (nSPS) is 11.0. The van der Waals surface area contributed by atoms with E-state index in [4.69, 9.17) is 9.15 Å². The van der Waals surface area contributed by atoms with Crippen LogP contribution in [0.25, 0.3) is 22.3 Å². The van der Waals surface area contributed by atoms with Gasteiger partial charge in [-0.25, -0.2) is 4.79 Å². The van der Waals surface area contributed by atoms with Crippen molar-refractivity contribution < 1.29 is 13.9 Å². The fraction of sp³-hybridized carbons (Fsp3) is 0.346. The Morgan fingerprint density at radius 2 is 1.83 bits per heavy atom. The molecule has 0 N–H and O–H groups in total. The largest absolute Gasteiger partial charge is 0.457 e. The Balaban J connectivity index is 1.82. The minimum atomic E-state index is -0.378. The Kier molecular flexibility index (Phi) is 6.92. The van der Waals surface area contributed by atoms with Gasteiger partial charge in [-0.1, -0.05) is 63.6 Å². The first-order valence-electron chi connectivity index (χ1n) is 10.5. The van der Waals surface area contributed by atoms with Crippen LogP contribution in [0.1, 0.15) is 56.7 Å². The van der Waals surface area contributed by atoms with Crippen LogP contribution in [0.2, 0.25) is 0 Å². The van der Waals surface area contributed by atoms with Crippen LogP contribution in [0.15, 0.2) is 59.0 Å². The maximum Gasteiger partial charge on any atom is 0.333 e. The molecule has 0 bridgehead atoms. The molecule has 0 radical (unpaired) electrons. The number of carbonyl (C=O) groups is 1. The smallest absolute Gasteiger partial charge is 0.333 e. The van der Waals surface area contributed by atoms with Crippen molar-refractivity contribution in [3.8, 4) is 11.3 Å². The third kappa shape index (κ3) is 5.17. The van der Waals surface area contributed by atoms with Crippen LogP contribution in [-0.4, -0.2) is 5.97 Å². The highest BCUT2D eigenvalue weighted by atomic mass is 16.5. The predicted molar refractivity (Wildman–Crippen MR) is 119 cm³/mol. The van der Waals surface area contributed by atoms with Crippen molar-refractivity contribution in [1.82, 2.24) is 0 Å². The molecule has 0 saturated heterocycles. The van der Waals surface area contributed by atoms with Gasteiger partial charge in [0.05, 0.1) is 0 Å². The summed E-state index contributed by atoms with van der Waals surface area (Å²) in [5.41, 5.74) is 5.97. The highest BCUT2D eigenvalue weighted by Crippen LogP contribution is 2.32. The van der Waals surface area contributed by atoms with Crippen LogP contribution in [0.5, 0.6) is 0 Å². The first-order chi connectivity index (χ1) is 14.0. The molecule has 0 spiro atoms. The summed E-state index contributed by atoms with van der Waals surface area (Å²) in [5, 5.41) is 1.05. The summed E-state index contributed by atoms with van der Waals surface area (Å²) in [6.07, 6.45) is 5.86. The lowest BCUT2D eigenvalue weighted by Crippen LogP contribution is -2.04. The van der Waals surface area contributed by atoms with E-state index in [1.165, 1.54) is 30.4 Å². The SMILES string of the molecule is C=C(C)C(=O)OCc1ccc2cc(-c3ccc(CCCCC)cc3CC)oc2c1. The summed E-state index contributed by atoms with van der Waals surface area (Å²) < 4.78 is 11.4. The molecule has 3 aromatic rings. The summed E-state index contributed by atoms with van der Waals surface area (Å²) in [7, 11) is 0. The number of hydrogen-bond acceptors (Lipinski definition) is 3. The molecule has 2 aromatic carbocycles. The zero-order chi connectivity index (χ0) is 20.8. The molecule has 1 heterocycles. The van der Waals surface area contributed by atoms with Crippen molar-refractivity contribution in [3.05, 3.63) is 71.3 Å². The number of furan rings is 1. The van der Waals surface area contributed by atoms with E-state index in [-0.39, 0.29) is 12.6 Å².